The minimum Gasteiger partial charge on any atom is -0.385 e. The van der Waals surface area contributed by atoms with Crippen LogP contribution in [0.5, 0.6) is 0 Å². The van der Waals surface area contributed by atoms with Crippen molar-refractivity contribution in [1.29, 1.82) is 0 Å². The lowest BCUT2D eigenvalue weighted by molar-refractivity contribution is 0.182. The number of nitrogens with zero attached hydrogens (tertiary/aromatic N) is 2. The molecule has 0 aliphatic heterocycles. The van der Waals surface area contributed by atoms with E-state index in [2.05, 4.69) is 21.0 Å². The molecule has 1 heterocycles. The van der Waals surface area contributed by atoms with Crippen LogP contribution in [-0.2, 0) is 18.2 Å². The van der Waals surface area contributed by atoms with E-state index in [1.54, 1.807) is 7.11 Å². The van der Waals surface area contributed by atoms with Crippen LogP contribution in [0.4, 0.5) is 0 Å². The highest BCUT2D eigenvalue weighted by molar-refractivity contribution is 5.75. The lowest BCUT2D eigenvalue weighted by atomic mass is 10.1. The van der Waals surface area contributed by atoms with Crippen molar-refractivity contribution in [3.63, 3.8) is 0 Å². The Morgan fingerprint density at radius 1 is 1.44 bits per heavy atom. The average Bonchev–Trinajstić information content (AvgIpc) is 2.72. The van der Waals surface area contributed by atoms with E-state index in [4.69, 9.17) is 10.6 Å². The minimum atomic E-state index is 0.181. The first-order chi connectivity index (χ1) is 8.76. The zero-order chi connectivity index (χ0) is 13.0. The van der Waals surface area contributed by atoms with Crippen LogP contribution in [0.3, 0.4) is 0 Å². The van der Waals surface area contributed by atoms with Gasteiger partial charge in [-0.25, -0.2) is 4.98 Å². The van der Waals surface area contributed by atoms with E-state index in [0.717, 1.165) is 29.7 Å². The van der Waals surface area contributed by atoms with Gasteiger partial charge in [-0.15, -0.1) is 0 Å². The second-order valence-electron chi connectivity index (χ2n) is 4.42. The molecule has 2 aromatic rings. The molecule has 0 aliphatic carbocycles. The van der Waals surface area contributed by atoms with Crippen molar-refractivity contribution in [3.05, 3.63) is 30.1 Å². The Labute approximate surface area is 107 Å². The Hall–Kier alpha value is -1.43. The number of fused-ring (bicyclic) bond motifs is 1. The van der Waals surface area contributed by atoms with Crippen LogP contribution in [-0.4, -0.2) is 29.3 Å². The summed E-state index contributed by atoms with van der Waals surface area (Å²) in [4.78, 5) is 4.63. The zero-order valence-electron chi connectivity index (χ0n) is 10.9. The maximum absolute atomic E-state index is 5.56. The molecule has 1 aromatic heterocycles. The highest BCUT2D eigenvalue weighted by Gasteiger charge is 2.13. The highest BCUT2D eigenvalue weighted by Crippen LogP contribution is 2.15. The van der Waals surface area contributed by atoms with E-state index in [0.29, 0.717) is 6.61 Å². The quantitative estimate of drug-likeness (QED) is 0.591. The Balaban J connectivity index is 2.17. The van der Waals surface area contributed by atoms with Gasteiger partial charge in [-0.1, -0.05) is 12.1 Å². The van der Waals surface area contributed by atoms with Gasteiger partial charge in [0.25, 0.3) is 0 Å². The van der Waals surface area contributed by atoms with E-state index >= 15 is 0 Å². The number of aromatic nitrogens is 2. The van der Waals surface area contributed by atoms with Crippen LogP contribution in [0.25, 0.3) is 11.0 Å². The number of methoxy groups -OCH3 is 1. The van der Waals surface area contributed by atoms with Crippen LogP contribution in [0, 0.1) is 0 Å². The molecule has 0 bridgehead atoms. The molecule has 1 aromatic carbocycles. The van der Waals surface area contributed by atoms with Gasteiger partial charge in [0.15, 0.2) is 0 Å². The van der Waals surface area contributed by atoms with Crippen LogP contribution in [0.15, 0.2) is 24.3 Å². The van der Waals surface area contributed by atoms with Crippen molar-refractivity contribution in [2.75, 3.05) is 13.7 Å². The molecule has 5 heteroatoms. The number of imidazole rings is 1. The van der Waals surface area contributed by atoms with E-state index in [9.17, 15) is 0 Å². The number of aryl methyl sites for hydroxylation is 1. The van der Waals surface area contributed by atoms with Crippen molar-refractivity contribution in [3.8, 4) is 0 Å². The highest BCUT2D eigenvalue weighted by atomic mass is 16.5. The smallest absolute Gasteiger partial charge is 0.111 e. The number of benzene rings is 1. The van der Waals surface area contributed by atoms with Crippen LogP contribution in [0.1, 0.15) is 12.2 Å². The maximum Gasteiger partial charge on any atom is 0.111 e. The van der Waals surface area contributed by atoms with Gasteiger partial charge in [-0.3, -0.25) is 11.3 Å². The lowest BCUT2D eigenvalue weighted by Gasteiger charge is -2.14. The standard InChI is InChI=1S/C13H20N4O/c1-17-12-6-4-3-5-11(12)15-13(17)9-10(16-14)7-8-18-2/h3-6,10,16H,7-9,14H2,1-2H3. The molecule has 5 nitrogen and oxygen atoms in total. The van der Waals surface area contributed by atoms with Gasteiger partial charge in [-0.05, 0) is 18.6 Å². The topological polar surface area (TPSA) is 65.1 Å². The largest absolute Gasteiger partial charge is 0.385 e. The number of nitrogens with two attached hydrogens (primary N) is 1. The van der Waals surface area contributed by atoms with Crippen LogP contribution < -0.4 is 11.3 Å². The molecular formula is C13H20N4O. The molecular weight excluding hydrogens is 228 g/mol. The Kier molecular flexibility index (Phi) is 4.30. The Bertz CT molecular complexity index is 509. The summed E-state index contributed by atoms with van der Waals surface area (Å²) < 4.78 is 7.20. The molecule has 18 heavy (non-hydrogen) atoms. The van der Waals surface area contributed by atoms with Crippen molar-refractivity contribution in [2.45, 2.75) is 18.9 Å². The number of nitrogens with one attached hydrogen (secondary N) is 1. The predicted octanol–water partition coefficient (Wildman–Crippen LogP) is 0.984. The molecule has 98 valence electrons. The van der Waals surface area contributed by atoms with E-state index < -0.39 is 0 Å². The van der Waals surface area contributed by atoms with Gasteiger partial charge in [0, 0.05) is 33.2 Å². The number of rotatable bonds is 6. The maximum atomic E-state index is 5.56. The number of para-hydroxylation sites is 2. The van der Waals surface area contributed by atoms with Crippen molar-refractivity contribution in [2.24, 2.45) is 12.9 Å². The molecule has 0 saturated heterocycles. The van der Waals surface area contributed by atoms with E-state index in [-0.39, 0.29) is 6.04 Å². The van der Waals surface area contributed by atoms with Crippen LogP contribution >= 0.6 is 0 Å². The third-order valence-corrected chi connectivity index (χ3v) is 3.21. The molecule has 0 radical (unpaired) electrons. The summed E-state index contributed by atoms with van der Waals surface area (Å²) in [6.07, 6.45) is 1.67. The SMILES string of the molecule is COCCC(Cc1nc2ccccc2n1C)NN. The molecule has 0 fully saturated rings. The normalized spacial score (nSPS) is 13.1. The van der Waals surface area contributed by atoms with Gasteiger partial charge in [0.05, 0.1) is 11.0 Å². The number of hydrogen-bond donors (Lipinski definition) is 2. The Morgan fingerprint density at radius 3 is 2.89 bits per heavy atom. The van der Waals surface area contributed by atoms with Gasteiger partial charge in [-0.2, -0.15) is 0 Å². The molecule has 0 spiro atoms. The van der Waals surface area contributed by atoms with Gasteiger partial charge >= 0.3 is 0 Å². The fraction of sp³-hybridized carbons (Fsp3) is 0.462. The number of hydrogen-bond acceptors (Lipinski definition) is 4. The molecule has 2 rings (SSSR count). The summed E-state index contributed by atoms with van der Waals surface area (Å²) in [5.74, 6) is 6.60. The second kappa shape index (κ2) is 5.95. The third kappa shape index (κ3) is 2.69. The molecule has 3 N–H and O–H groups in total. The summed E-state index contributed by atoms with van der Waals surface area (Å²) in [7, 11) is 3.73. The fourth-order valence-corrected chi connectivity index (χ4v) is 2.10. The summed E-state index contributed by atoms with van der Waals surface area (Å²) in [6.45, 7) is 0.693. The molecule has 1 atom stereocenters. The van der Waals surface area contributed by atoms with Crippen molar-refractivity contribution < 1.29 is 4.74 Å². The Morgan fingerprint density at radius 2 is 2.22 bits per heavy atom. The number of ether oxygens (including phenoxy) is 1. The summed E-state index contributed by atoms with van der Waals surface area (Å²) in [5, 5.41) is 0. The third-order valence-electron chi connectivity index (χ3n) is 3.21. The minimum absolute atomic E-state index is 0.181. The average molecular weight is 248 g/mol. The fourth-order valence-electron chi connectivity index (χ4n) is 2.10. The molecule has 0 saturated carbocycles. The summed E-state index contributed by atoms with van der Waals surface area (Å²) in [6, 6.07) is 8.31. The zero-order valence-corrected chi connectivity index (χ0v) is 10.9. The van der Waals surface area contributed by atoms with Gasteiger partial charge in [0.1, 0.15) is 5.82 Å². The first-order valence-electron chi connectivity index (χ1n) is 6.11. The van der Waals surface area contributed by atoms with Gasteiger partial charge in [0.2, 0.25) is 0 Å². The molecule has 0 aliphatic rings. The van der Waals surface area contributed by atoms with E-state index in [1.165, 1.54) is 0 Å². The van der Waals surface area contributed by atoms with Crippen molar-refractivity contribution >= 4 is 11.0 Å². The second-order valence-corrected chi connectivity index (χ2v) is 4.42. The van der Waals surface area contributed by atoms with E-state index in [1.807, 2.05) is 25.2 Å². The molecule has 0 amide bonds. The first-order valence-corrected chi connectivity index (χ1v) is 6.11. The first kappa shape index (κ1) is 13.0. The van der Waals surface area contributed by atoms with Gasteiger partial charge < -0.3 is 9.30 Å². The van der Waals surface area contributed by atoms with Crippen LogP contribution in [0.2, 0.25) is 0 Å². The predicted molar refractivity (Wildman–Crippen MR) is 72.0 cm³/mol. The number of hydrazine groups is 1. The molecule has 1 unspecified atom stereocenters. The summed E-state index contributed by atoms with van der Waals surface area (Å²) in [5.41, 5.74) is 5.00. The lowest BCUT2D eigenvalue weighted by Crippen LogP contribution is -2.38. The van der Waals surface area contributed by atoms with Crippen molar-refractivity contribution in [1.82, 2.24) is 15.0 Å². The summed E-state index contributed by atoms with van der Waals surface area (Å²) >= 11 is 0. The monoisotopic (exact) mass is 248 g/mol.